The van der Waals surface area contributed by atoms with Gasteiger partial charge in [0, 0.05) is 19.8 Å². The third-order valence-corrected chi connectivity index (χ3v) is 2.51. The molecule has 0 saturated carbocycles. The maximum Gasteiger partial charge on any atom is 0.152 e. The van der Waals surface area contributed by atoms with Crippen LogP contribution in [0.2, 0.25) is 0 Å². The summed E-state index contributed by atoms with van der Waals surface area (Å²) in [5, 5.41) is 7.59. The van der Waals surface area contributed by atoms with E-state index in [1.54, 1.807) is 27.5 Å². The molecule has 0 aliphatic heterocycles. The summed E-state index contributed by atoms with van der Waals surface area (Å²) >= 11 is 0. The average molecular weight is 281 g/mol. The molecule has 0 saturated heterocycles. The molecule has 0 fully saturated rings. The zero-order valence-corrected chi connectivity index (χ0v) is 12.7. The first-order valence-electron chi connectivity index (χ1n) is 6.19. The predicted molar refractivity (Wildman–Crippen MR) is 80.5 cm³/mol. The molecule has 0 bridgehead atoms. The summed E-state index contributed by atoms with van der Waals surface area (Å²) in [6, 6.07) is 1.84. The number of hydrogen-bond acceptors (Lipinski definition) is 5. The van der Waals surface area contributed by atoms with Gasteiger partial charge in [0.15, 0.2) is 6.29 Å². The number of rotatable bonds is 3. The van der Waals surface area contributed by atoms with Crippen LogP contribution in [0.3, 0.4) is 0 Å². The van der Waals surface area contributed by atoms with Crippen molar-refractivity contribution in [3.8, 4) is 5.75 Å². The van der Waals surface area contributed by atoms with Crippen molar-refractivity contribution in [2.24, 2.45) is 5.73 Å². The zero-order chi connectivity index (χ0) is 15.5. The molecular formula is C14H23N3O3. The number of aromatic amines is 1. The molecule has 2 rings (SSSR count). The van der Waals surface area contributed by atoms with Crippen LogP contribution in [-0.2, 0) is 11.2 Å². The Morgan fingerprint density at radius 2 is 1.95 bits per heavy atom. The van der Waals surface area contributed by atoms with Crippen LogP contribution in [-0.4, -0.2) is 44.9 Å². The highest BCUT2D eigenvalue weighted by atomic mass is 16.5. The summed E-state index contributed by atoms with van der Waals surface area (Å²) in [6.45, 7) is 2.03. The summed E-state index contributed by atoms with van der Waals surface area (Å²) in [5.74, 6) is 0.798. The molecule has 0 amide bonds. The lowest BCUT2D eigenvalue weighted by molar-refractivity contribution is 0.112. The number of benzene rings is 1. The lowest BCUT2D eigenvalue weighted by Crippen LogP contribution is -1.94. The maximum absolute atomic E-state index is 10.9. The van der Waals surface area contributed by atoms with Crippen LogP contribution in [0.5, 0.6) is 5.75 Å². The largest absolute Gasteiger partial charge is 0.496 e. The molecule has 0 aliphatic carbocycles. The number of ether oxygens (including phenoxy) is 2. The number of H-pyrrole nitrogens is 1. The number of carbonyl (C=O) groups is 1. The number of aldehydes is 1. The third-order valence-electron chi connectivity index (χ3n) is 2.51. The molecule has 1 heterocycles. The topological polar surface area (TPSA) is 90.2 Å². The number of nitrogens with zero attached hydrogens (tertiary/aromatic N) is 1. The van der Waals surface area contributed by atoms with E-state index in [0.29, 0.717) is 5.56 Å². The first-order valence-corrected chi connectivity index (χ1v) is 6.19. The van der Waals surface area contributed by atoms with Gasteiger partial charge in [-0.05, 0) is 25.1 Å². The minimum Gasteiger partial charge on any atom is -0.496 e. The monoisotopic (exact) mass is 281 g/mol. The molecular weight excluding hydrogens is 258 g/mol. The van der Waals surface area contributed by atoms with E-state index in [0.717, 1.165) is 34.9 Å². The molecule has 0 radical (unpaired) electrons. The van der Waals surface area contributed by atoms with Gasteiger partial charge in [0.05, 0.1) is 24.2 Å². The Kier molecular flexibility index (Phi) is 8.98. The van der Waals surface area contributed by atoms with E-state index < -0.39 is 0 Å². The highest BCUT2D eigenvalue weighted by Gasteiger charge is 2.12. The number of aromatic nitrogens is 2. The number of methoxy groups -OCH3 is 2. The second kappa shape index (κ2) is 9.94. The molecule has 0 atom stereocenters. The molecule has 6 heteroatoms. The Labute approximate surface area is 119 Å². The molecule has 2 aromatic rings. The first-order chi connectivity index (χ1) is 9.73. The van der Waals surface area contributed by atoms with E-state index in [1.165, 1.54) is 7.05 Å². The van der Waals surface area contributed by atoms with Gasteiger partial charge in [-0.3, -0.25) is 9.89 Å². The van der Waals surface area contributed by atoms with E-state index >= 15 is 0 Å². The van der Waals surface area contributed by atoms with E-state index in [1.807, 2.05) is 13.0 Å². The second-order valence-corrected chi connectivity index (χ2v) is 3.70. The molecule has 1 aromatic heterocycles. The summed E-state index contributed by atoms with van der Waals surface area (Å²) in [6.07, 6.45) is 3.34. The predicted octanol–water partition coefficient (Wildman–Crippen LogP) is 1.78. The SMILES string of the molecule is CCc1cc(C=O)c2[nH]ncc2c1OC.CN.COC. The fourth-order valence-corrected chi connectivity index (χ4v) is 1.77. The molecule has 6 nitrogen and oxygen atoms in total. The highest BCUT2D eigenvalue weighted by molar-refractivity contribution is 5.99. The van der Waals surface area contributed by atoms with Crippen molar-refractivity contribution in [1.29, 1.82) is 0 Å². The summed E-state index contributed by atoms with van der Waals surface area (Å²) < 4.78 is 9.58. The molecule has 1 aromatic carbocycles. The van der Waals surface area contributed by atoms with Crippen molar-refractivity contribution in [2.45, 2.75) is 13.3 Å². The number of nitrogens with two attached hydrogens (primary N) is 1. The van der Waals surface area contributed by atoms with E-state index in [4.69, 9.17) is 4.74 Å². The Hall–Kier alpha value is -1.92. The van der Waals surface area contributed by atoms with Crippen LogP contribution in [0.1, 0.15) is 22.8 Å². The first kappa shape index (κ1) is 18.1. The standard InChI is InChI=1S/C11H12N2O2.C2H6O.CH5N/c1-3-7-4-8(6-14)10-9(5-12-13-10)11(7)15-2;1-3-2;1-2/h4-6H,3H2,1-2H3,(H,12,13);1-2H3;2H2,1H3. The number of aryl methyl sites for hydroxylation is 1. The summed E-state index contributed by atoms with van der Waals surface area (Å²) in [7, 11) is 6.38. The lowest BCUT2D eigenvalue weighted by atomic mass is 10.0. The summed E-state index contributed by atoms with van der Waals surface area (Å²) in [5.41, 5.74) is 6.88. The van der Waals surface area contributed by atoms with Gasteiger partial charge < -0.3 is 15.2 Å². The quantitative estimate of drug-likeness (QED) is 0.837. The number of carbonyl (C=O) groups excluding carboxylic acids is 1. The van der Waals surface area contributed by atoms with Crippen molar-refractivity contribution in [1.82, 2.24) is 10.2 Å². The lowest BCUT2D eigenvalue weighted by Gasteiger charge is -2.08. The van der Waals surface area contributed by atoms with Crippen molar-refractivity contribution in [3.63, 3.8) is 0 Å². The van der Waals surface area contributed by atoms with E-state index in [2.05, 4.69) is 20.7 Å². The molecule has 0 unspecified atom stereocenters. The number of nitrogens with one attached hydrogen (secondary N) is 1. The Balaban J connectivity index is 0.000000641. The zero-order valence-electron chi connectivity index (χ0n) is 12.7. The van der Waals surface area contributed by atoms with Gasteiger partial charge in [0.2, 0.25) is 0 Å². The van der Waals surface area contributed by atoms with Gasteiger partial charge in [-0.15, -0.1) is 0 Å². The Morgan fingerprint density at radius 1 is 1.35 bits per heavy atom. The van der Waals surface area contributed by atoms with Crippen molar-refractivity contribution in [3.05, 3.63) is 23.4 Å². The van der Waals surface area contributed by atoms with Gasteiger partial charge in [-0.1, -0.05) is 6.92 Å². The number of fused-ring (bicyclic) bond motifs is 1. The second-order valence-electron chi connectivity index (χ2n) is 3.70. The van der Waals surface area contributed by atoms with Gasteiger partial charge in [0.25, 0.3) is 0 Å². The van der Waals surface area contributed by atoms with Gasteiger partial charge >= 0.3 is 0 Å². The van der Waals surface area contributed by atoms with Gasteiger partial charge in [-0.2, -0.15) is 5.10 Å². The van der Waals surface area contributed by atoms with E-state index in [-0.39, 0.29) is 0 Å². The van der Waals surface area contributed by atoms with Crippen molar-refractivity contribution < 1.29 is 14.3 Å². The molecule has 0 aliphatic rings. The molecule has 0 spiro atoms. The van der Waals surface area contributed by atoms with Crippen LogP contribution in [0.4, 0.5) is 0 Å². The molecule has 112 valence electrons. The maximum atomic E-state index is 10.9. The fourth-order valence-electron chi connectivity index (χ4n) is 1.77. The van der Waals surface area contributed by atoms with Crippen LogP contribution < -0.4 is 10.5 Å². The minimum absolute atomic E-state index is 0.625. The van der Waals surface area contributed by atoms with Gasteiger partial charge in [-0.25, -0.2) is 0 Å². The van der Waals surface area contributed by atoms with Crippen LogP contribution in [0.15, 0.2) is 12.3 Å². The normalized spacial score (nSPS) is 9.10. The average Bonchev–Trinajstić information content (AvgIpc) is 2.97. The van der Waals surface area contributed by atoms with Crippen LogP contribution in [0.25, 0.3) is 10.9 Å². The Morgan fingerprint density at radius 3 is 2.40 bits per heavy atom. The van der Waals surface area contributed by atoms with Crippen molar-refractivity contribution >= 4 is 17.2 Å². The fraction of sp³-hybridized carbons (Fsp3) is 0.429. The third kappa shape index (κ3) is 4.04. The smallest absolute Gasteiger partial charge is 0.152 e. The summed E-state index contributed by atoms with van der Waals surface area (Å²) in [4.78, 5) is 10.9. The molecule has 20 heavy (non-hydrogen) atoms. The number of hydrogen-bond donors (Lipinski definition) is 2. The van der Waals surface area contributed by atoms with Crippen LogP contribution in [0, 0.1) is 0 Å². The minimum atomic E-state index is 0.625. The van der Waals surface area contributed by atoms with Crippen LogP contribution >= 0.6 is 0 Å². The Bertz CT molecular complexity index is 524. The van der Waals surface area contributed by atoms with E-state index in [9.17, 15) is 4.79 Å². The van der Waals surface area contributed by atoms with Crippen molar-refractivity contribution in [2.75, 3.05) is 28.4 Å². The molecule has 3 N–H and O–H groups in total. The van der Waals surface area contributed by atoms with Gasteiger partial charge in [0.1, 0.15) is 5.75 Å². The highest BCUT2D eigenvalue weighted by Crippen LogP contribution is 2.30.